The number of unbranched alkanes of at least 4 members (excludes halogenated alkanes) is 1. The minimum atomic E-state index is -0.585. The van der Waals surface area contributed by atoms with E-state index in [9.17, 15) is 19.2 Å². The minimum Gasteiger partial charge on any atom is -0.383 e. The second-order valence-electron chi connectivity index (χ2n) is 8.93. The highest BCUT2D eigenvalue weighted by Gasteiger charge is 2.29. The lowest BCUT2D eigenvalue weighted by atomic mass is 9.95. The molecule has 0 aliphatic carbocycles. The van der Waals surface area contributed by atoms with E-state index in [1.807, 2.05) is 44.2 Å². The topological polar surface area (TPSA) is 134 Å². The van der Waals surface area contributed by atoms with Gasteiger partial charge in [-0.05, 0) is 37.8 Å². The van der Waals surface area contributed by atoms with Gasteiger partial charge in [0.25, 0.3) is 5.56 Å². The molecule has 1 aromatic heterocycles. The number of amides is 2. The van der Waals surface area contributed by atoms with Crippen molar-refractivity contribution in [2.75, 3.05) is 42.1 Å². The molecule has 190 valence electrons. The Bertz CT molecular complexity index is 1120. The number of benzene rings is 1. The van der Waals surface area contributed by atoms with E-state index in [0.29, 0.717) is 45.4 Å². The quantitative estimate of drug-likeness (QED) is 0.472. The van der Waals surface area contributed by atoms with E-state index in [-0.39, 0.29) is 35.8 Å². The van der Waals surface area contributed by atoms with Gasteiger partial charge in [-0.25, -0.2) is 4.79 Å². The number of hydrogen-bond donors (Lipinski definition) is 3. The Labute approximate surface area is 205 Å². The molecule has 2 heterocycles. The molecule has 1 fully saturated rings. The summed E-state index contributed by atoms with van der Waals surface area (Å²) in [4.78, 5) is 56.4. The van der Waals surface area contributed by atoms with Crippen molar-refractivity contribution >= 4 is 29.0 Å². The fraction of sp³-hybridized carbons (Fsp3) is 0.520. The van der Waals surface area contributed by atoms with Crippen LogP contribution in [-0.2, 0) is 16.1 Å². The first-order valence-electron chi connectivity index (χ1n) is 12.4. The molecule has 0 radical (unpaired) electrons. The zero-order valence-electron chi connectivity index (χ0n) is 20.6. The number of aromatic nitrogens is 2. The van der Waals surface area contributed by atoms with Crippen LogP contribution in [0.2, 0.25) is 0 Å². The van der Waals surface area contributed by atoms with Crippen molar-refractivity contribution in [2.45, 2.75) is 52.5 Å². The maximum Gasteiger partial charge on any atom is 0.330 e. The van der Waals surface area contributed by atoms with Crippen LogP contribution < -0.4 is 27.2 Å². The van der Waals surface area contributed by atoms with Gasteiger partial charge in [-0.2, -0.15) is 0 Å². The van der Waals surface area contributed by atoms with Crippen molar-refractivity contribution in [3.8, 4) is 0 Å². The number of nitrogens with two attached hydrogens (primary N) is 1. The molecule has 10 heteroatoms. The fourth-order valence-electron chi connectivity index (χ4n) is 4.38. The molecule has 1 saturated heterocycles. The van der Waals surface area contributed by atoms with Gasteiger partial charge in [0, 0.05) is 37.8 Å². The summed E-state index contributed by atoms with van der Waals surface area (Å²) < 4.78 is 1.37. The Morgan fingerprint density at radius 2 is 1.80 bits per heavy atom. The van der Waals surface area contributed by atoms with Crippen molar-refractivity contribution in [1.82, 2.24) is 14.5 Å². The van der Waals surface area contributed by atoms with Gasteiger partial charge in [-0.15, -0.1) is 0 Å². The molecule has 0 unspecified atom stereocenters. The van der Waals surface area contributed by atoms with Gasteiger partial charge in [0.2, 0.25) is 11.8 Å². The van der Waals surface area contributed by atoms with Gasteiger partial charge in [0.1, 0.15) is 11.5 Å². The molecular weight excluding hydrogens is 448 g/mol. The highest BCUT2D eigenvalue weighted by Crippen LogP contribution is 2.22. The number of nitrogens with one attached hydrogen (secondary N) is 2. The van der Waals surface area contributed by atoms with E-state index in [0.717, 1.165) is 18.5 Å². The van der Waals surface area contributed by atoms with Crippen LogP contribution in [0.5, 0.6) is 0 Å². The van der Waals surface area contributed by atoms with Crippen LogP contribution in [0.4, 0.5) is 17.2 Å². The number of carbonyl (C=O) groups is 2. The number of aromatic amines is 1. The molecule has 1 aliphatic rings. The third kappa shape index (κ3) is 6.52. The highest BCUT2D eigenvalue weighted by atomic mass is 16.2. The lowest BCUT2D eigenvalue weighted by Crippen LogP contribution is -2.47. The number of likely N-dealkylation sites (tertiary alicyclic amines) is 1. The number of piperidine rings is 1. The number of nitrogen functional groups attached to an aromatic ring is 1. The van der Waals surface area contributed by atoms with Gasteiger partial charge in [-0.1, -0.05) is 38.5 Å². The summed E-state index contributed by atoms with van der Waals surface area (Å²) in [5.74, 6) is -0.244. The third-order valence-corrected chi connectivity index (χ3v) is 6.35. The molecule has 2 amide bonds. The molecule has 0 spiro atoms. The first-order chi connectivity index (χ1) is 16.8. The Morgan fingerprint density at radius 1 is 1.11 bits per heavy atom. The first kappa shape index (κ1) is 26.1. The minimum absolute atomic E-state index is 0.0199. The van der Waals surface area contributed by atoms with Gasteiger partial charge in [-0.3, -0.25) is 23.9 Å². The van der Waals surface area contributed by atoms with Crippen molar-refractivity contribution in [1.29, 1.82) is 0 Å². The van der Waals surface area contributed by atoms with Crippen LogP contribution in [0, 0.1) is 5.92 Å². The average Bonchev–Trinajstić information content (AvgIpc) is 2.84. The number of H-pyrrole nitrogens is 1. The normalized spacial score (nSPS) is 14.1. The Balaban J connectivity index is 1.66. The number of para-hydroxylation sites is 1. The van der Waals surface area contributed by atoms with Crippen LogP contribution in [0.25, 0.3) is 0 Å². The van der Waals surface area contributed by atoms with Gasteiger partial charge in [0.05, 0.1) is 6.54 Å². The van der Waals surface area contributed by atoms with Crippen LogP contribution in [0.3, 0.4) is 0 Å². The molecule has 0 saturated carbocycles. The zero-order chi connectivity index (χ0) is 25.4. The summed E-state index contributed by atoms with van der Waals surface area (Å²) in [6.45, 7) is 5.71. The summed E-state index contributed by atoms with van der Waals surface area (Å²) in [5, 5.41) is 2.93. The van der Waals surface area contributed by atoms with E-state index in [2.05, 4.69) is 10.3 Å². The van der Waals surface area contributed by atoms with Crippen molar-refractivity contribution in [2.24, 2.45) is 5.92 Å². The predicted octanol–water partition coefficient (Wildman–Crippen LogP) is 2.01. The van der Waals surface area contributed by atoms with Crippen molar-refractivity contribution in [3.05, 3.63) is 51.2 Å². The SMILES string of the molecule is CCCCn1c(N)c(N(CCC)CC(=O)N2CCC(C(=O)Nc3ccccc3)CC2)c(=O)[nH]c1=O. The second kappa shape index (κ2) is 12.2. The second-order valence-corrected chi connectivity index (χ2v) is 8.93. The predicted molar refractivity (Wildman–Crippen MR) is 138 cm³/mol. The van der Waals surface area contributed by atoms with Gasteiger partial charge >= 0.3 is 5.69 Å². The smallest absolute Gasteiger partial charge is 0.330 e. The number of rotatable bonds is 10. The molecule has 2 aromatic rings. The molecule has 0 bridgehead atoms. The number of hydrogen-bond acceptors (Lipinski definition) is 6. The maximum absolute atomic E-state index is 13.1. The summed E-state index contributed by atoms with van der Waals surface area (Å²) in [6.07, 6.45) is 3.46. The number of nitrogens with zero attached hydrogens (tertiary/aromatic N) is 3. The van der Waals surface area contributed by atoms with E-state index < -0.39 is 11.2 Å². The summed E-state index contributed by atoms with van der Waals surface area (Å²) >= 11 is 0. The average molecular weight is 485 g/mol. The number of anilines is 3. The lowest BCUT2D eigenvalue weighted by molar-refractivity contribution is -0.133. The summed E-state index contributed by atoms with van der Waals surface area (Å²) in [6, 6.07) is 9.32. The third-order valence-electron chi connectivity index (χ3n) is 6.35. The van der Waals surface area contributed by atoms with Crippen LogP contribution in [0.1, 0.15) is 46.0 Å². The standard InChI is InChI=1S/C25H36N6O4/c1-3-5-14-31-22(26)21(24(34)28-25(31)35)30(13-4-2)17-20(32)29-15-11-18(12-16-29)23(33)27-19-9-7-6-8-10-19/h6-10,18H,3-5,11-17,26H2,1-2H3,(H,27,33)(H,28,34,35). The lowest BCUT2D eigenvalue weighted by Gasteiger charge is -2.33. The highest BCUT2D eigenvalue weighted by molar-refractivity contribution is 5.92. The van der Waals surface area contributed by atoms with Crippen LogP contribution in [0.15, 0.2) is 39.9 Å². The van der Waals surface area contributed by atoms with E-state index in [4.69, 9.17) is 5.73 Å². The van der Waals surface area contributed by atoms with E-state index in [1.54, 1.807) is 9.80 Å². The Kier molecular flexibility index (Phi) is 9.11. The molecule has 4 N–H and O–H groups in total. The summed E-state index contributed by atoms with van der Waals surface area (Å²) in [7, 11) is 0. The van der Waals surface area contributed by atoms with E-state index >= 15 is 0 Å². The molecule has 1 aliphatic heterocycles. The van der Waals surface area contributed by atoms with Gasteiger partial charge < -0.3 is 20.9 Å². The van der Waals surface area contributed by atoms with Crippen LogP contribution in [-0.4, -0.2) is 52.4 Å². The maximum atomic E-state index is 13.1. The Hall–Kier alpha value is -3.56. The Morgan fingerprint density at radius 3 is 2.43 bits per heavy atom. The molecule has 35 heavy (non-hydrogen) atoms. The largest absolute Gasteiger partial charge is 0.383 e. The molecular formula is C25H36N6O4. The van der Waals surface area contributed by atoms with Crippen molar-refractivity contribution < 1.29 is 9.59 Å². The first-order valence-corrected chi connectivity index (χ1v) is 12.4. The molecule has 1 aromatic carbocycles. The number of carbonyl (C=O) groups excluding carboxylic acids is 2. The van der Waals surface area contributed by atoms with Crippen LogP contribution >= 0.6 is 0 Å². The summed E-state index contributed by atoms with van der Waals surface area (Å²) in [5.41, 5.74) is 6.05. The van der Waals surface area contributed by atoms with Gasteiger partial charge in [0.15, 0.2) is 0 Å². The molecule has 10 nitrogen and oxygen atoms in total. The van der Waals surface area contributed by atoms with E-state index in [1.165, 1.54) is 4.57 Å². The molecule has 3 rings (SSSR count). The monoisotopic (exact) mass is 484 g/mol. The fourth-order valence-corrected chi connectivity index (χ4v) is 4.38. The molecule has 0 atom stereocenters. The van der Waals surface area contributed by atoms with Crippen molar-refractivity contribution in [3.63, 3.8) is 0 Å². The zero-order valence-corrected chi connectivity index (χ0v) is 20.6.